The lowest BCUT2D eigenvalue weighted by molar-refractivity contribution is -0.154. The largest absolute Gasteiger partial charge is 0.508 e. The van der Waals surface area contributed by atoms with Crippen LogP contribution in [0.15, 0.2) is 66.3 Å². The number of aliphatic hydroxyl groups is 1. The van der Waals surface area contributed by atoms with Gasteiger partial charge < -0.3 is 30.7 Å². The number of carbonyl (C=O) groups is 2. The van der Waals surface area contributed by atoms with Crippen molar-refractivity contribution in [3.8, 4) is 5.75 Å². The van der Waals surface area contributed by atoms with E-state index in [0.717, 1.165) is 11.1 Å². The summed E-state index contributed by atoms with van der Waals surface area (Å²) in [6.07, 6.45) is 12.7. The molecule has 1 amide bonds. The highest BCUT2D eigenvalue weighted by atomic mass is 16.5. The second-order valence-corrected chi connectivity index (χ2v) is 9.40. The zero-order valence-corrected chi connectivity index (χ0v) is 22.1. The van der Waals surface area contributed by atoms with Gasteiger partial charge in [0.2, 0.25) is 5.91 Å². The number of fused-ring (bicyclic) bond motifs is 2. The van der Waals surface area contributed by atoms with Crippen LogP contribution in [0, 0.1) is 5.92 Å². The Bertz CT molecular complexity index is 1030. The predicted octanol–water partition coefficient (Wildman–Crippen LogP) is 3.94. The van der Waals surface area contributed by atoms with Gasteiger partial charge in [-0.3, -0.25) is 9.59 Å². The molecule has 0 spiro atoms. The molecule has 1 heterocycles. The summed E-state index contributed by atoms with van der Waals surface area (Å²) in [5.74, 6) is -1.06. The van der Waals surface area contributed by atoms with Crippen molar-refractivity contribution in [3.05, 3.63) is 71.9 Å². The number of amides is 1. The van der Waals surface area contributed by atoms with Crippen LogP contribution in [0.3, 0.4) is 0 Å². The maximum Gasteiger partial charge on any atom is 0.322 e. The average molecular weight is 513 g/mol. The number of ether oxygens (including phenoxy) is 2. The van der Waals surface area contributed by atoms with Gasteiger partial charge in [-0.05, 0) is 50.0 Å². The lowest BCUT2D eigenvalue weighted by Crippen LogP contribution is -2.38. The van der Waals surface area contributed by atoms with Crippen molar-refractivity contribution in [2.75, 3.05) is 12.4 Å². The summed E-state index contributed by atoms with van der Waals surface area (Å²) in [7, 11) is 1.54. The summed E-state index contributed by atoms with van der Waals surface area (Å²) in [6, 6.07) is 4.20. The summed E-state index contributed by atoms with van der Waals surface area (Å²) in [4.78, 5) is 24.7. The Labute approximate surface area is 219 Å². The Morgan fingerprint density at radius 2 is 1.92 bits per heavy atom. The normalized spacial score (nSPS) is 28.9. The van der Waals surface area contributed by atoms with Gasteiger partial charge in [-0.1, -0.05) is 49.5 Å². The van der Waals surface area contributed by atoms with E-state index in [1.165, 1.54) is 13.2 Å². The molecule has 5 N–H and O–H groups in total. The van der Waals surface area contributed by atoms with Gasteiger partial charge in [0.1, 0.15) is 17.9 Å². The van der Waals surface area contributed by atoms with E-state index in [2.05, 4.69) is 5.32 Å². The van der Waals surface area contributed by atoms with E-state index in [0.29, 0.717) is 24.9 Å². The quantitative estimate of drug-likeness (QED) is 0.356. The lowest BCUT2D eigenvalue weighted by Gasteiger charge is -2.28. The van der Waals surface area contributed by atoms with Crippen LogP contribution in [0.25, 0.3) is 0 Å². The number of anilines is 1. The highest BCUT2D eigenvalue weighted by Gasteiger charge is 2.28. The zero-order chi connectivity index (χ0) is 27.4. The fourth-order valence-corrected chi connectivity index (χ4v) is 3.95. The Morgan fingerprint density at radius 3 is 2.62 bits per heavy atom. The fraction of sp³-hybridized carbons (Fsp3) is 0.448. The van der Waals surface area contributed by atoms with Gasteiger partial charge in [0.05, 0.1) is 18.6 Å². The minimum absolute atomic E-state index is 0.0557. The van der Waals surface area contributed by atoms with E-state index >= 15 is 0 Å². The molecule has 1 aliphatic rings. The summed E-state index contributed by atoms with van der Waals surface area (Å²) in [5.41, 5.74) is 7.80. The van der Waals surface area contributed by atoms with Gasteiger partial charge in [0.15, 0.2) is 0 Å². The van der Waals surface area contributed by atoms with Crippen molar-refractivity contribution in [1.82, 2.24) is 0 Å². The number of nitrogens with one attached hydrogen (secondary N) is 1. The van der Waals surface area contributed by atoms with Crippen LogP contribution in [-0.2, 0) is 25.5 Å². The third-order valence-electron chi connectivity index (χ3n) is 6.20. The van der Waals surface area contributed by atoms with Crippen LogP contribution in [0.4, 0.5) is 5.69 Å². The fourth-order valence-electron chi connectivity index (χ4n) is 3.95. The van der Waals surface area contributed by atoms with Crippen molar-refractivity contribution in [3.63, 3.8) is 0 Å². The molecule has 8 heteroatoms. The maximum absolute atomic E-state index is 12.5. The summed E-state index contributed by atoms with van der Waals surface area (Å²) < 4.78 is 11.0. The molecule has 2 rings (SSSR count). The molecule has 0 unspecified atom stereocenters. The van der Waals surface area contributed by atoms with Crippen LogP contribution in [0.2, 0.25) is 0 Å². The Balaban J connectivity index is 2.33. The first-order valence-corrected chi connectivity index (χ1v) is 12.6. The van der Waals surface area contributed by atoms with Gasteiger partial charge in [-0.25, -0.2) is 0 Å². The molecule has 37 heavy (non-hydrogen) atoms. The SMILES string of the molecule is CO[C@H]1/C=C/C=C/C=C/C[C@H](OC(=O)[C@@H](C)N)[C@H](C)[C@@H](O)/C(C)=C\CCc2cc(O)cc(c2)NC(=O)C1. The lowest BCUT2D eigenvalue weighted by atomic mass is 9.90. The first-order valence-electron chi connectivity index (χ1n) is 12.6. The molecule has 8 nitrogen and oxygen atoms in total. The second kappa shape index (κ2) is 15.1. The second-order valence-electron chi connectivity index (χ2n) is 9.40. The minimum Gasteiger partial charge on any atom is -0.508 e. The number of nitrogens with two attached hydrogens (primary N) is 1. The van der Waals surface area contributed by atoms with E-state index < -0.39 is 30.3 Å². The summed E-state index contributed by atoms with van der Waals surface area (Å²) in [5, 5.41) is 23.9. The van der Waals surface area contributed by atoms with Crippen molar-refractivity contribution < 1.29 is 29.3 Å². The van der Waals surface area contributed by atoms with E-state index in [1.54, 1.807) is 31.2 Å². The number of hydrogen-bond acceptors (Lipinski definition) is 7. The first kappa shape index (κ1) is 30.0. The maximum atomic E-state index is 12.5. The molecule has 0 aliphatic carbocycles. The van der Waals surface area contributed by atoms with Gasteiger partial charge >= 0.3 is 5.97 Å². The van der Waals surface area contributed by atoms with Gasteiger partial charge in [0.25, 0.3) is 0 Å². The van der Waals surface area contributed by atoms with Crippen molar-refractivity contribution in [2.24, 2.45) is 11.7 Å². The third kappa shape index (κ3) is 10.4. The summed E-state index contributed by atoms with van der Waals surface area (Å²) >= 11 is 0. The number of methoxy groups -OCH3 is 1. The number of aryl methyl sites for hydroxylation is 1. The molecule has 0 aromatic heterocycles. The van der Waals surface area contributed by atoms with Crippen molar-refractivity contribution in [1.29, 1.82) is 0 Å². The number of allylic oxidation sites excluding steroid dienone is 5. The molecule has 1 aromatic rings. The topological polar surface area (TPSA) is 131 Å². The summed E-state index contributed by atoms with van der Waals surface area (Å²) in [6.45, 7) is 5.25. The highest BCUT2D eigenvalue weighted by Crippen LogP contribution is 2.24. The number of carbonyl (C=O) groups excluding carboxylic acids is 2. The number of phenolic OH excluding ortho intramolecular Hbond substituents is 1. The Hall–Kier alpha value is -3.20. The molecular formula is C29H40N2O6. The highest BCUT2D eigenvalue weighted by molar-refractivity contribution is 5.91. The molecule has 0 radical (unpaired) electrons. The van der Waals surface area contributed by atoms with E-state index in [9.17, 15) is 19.8 Å². The standard InChI is InChI=1S/C29H40N2O6/c1-19-11-10-12-22-15-23(17-24(32)16-22)31-27(33)18-25(36-4)13-8-6-5-7-9-14-26(20(2)28(19)34)37-29(35)21(3)30/h5-9,11,13,15-17,20-21,25-26,28,32,34H,10,12,14,18,30H2,1-4H3,(H,31,33)/b6-5+,9-7+,13-8+,19-11-/t20-,21+,25-,26-,28-/m0/s1. The van der Waals surface area contributed by atoms with Crippen LogP contribution in [0.5, 0.6) is 5.75 Å². The van der Waals surface area contributed by atoms with E-state index in [-0.39, 0.29) is 24.0 Å². The molecule has 0 saturated carbocycles. The Kier molecular flexibility index (Phi) is 12.3. The molecular weight excluding hydrogens is 472 g/mol. The van der Waals surface area contributed by atoms with Crippen molar-refractivity contribution >= 4 is 17.6 Å². The van der Waals surface area contributed by atoms with Gasteiger partial charge in [-0.2, -0.15) is 0 Å². The minimum atomic E-state index is -0.822. The molecule has 1 aromatic carbocycles. The monoisotopic (exact) mass is 512 g/mol. The molecule has 0 fully saturated rings. The predicted molar refractivity (Wildman–Crippen MR) is 145 cm³/mol. The van der Waals surface area contributed by atoms with Crippen LogP contribution < -0.4 is 11.1 Å². The smallest absolute Gasteiger partial charge is 0.322 e. The first-order chi connectivity index (χ1) is 17.6. The number of aromatic hydroxyl groups is 1. The molecule has 5 atom stereocenters. The van der Waals surface area contributed by atoms with Crippen LogP contribution in [-0.4, -0.2) is 53.6 Å². The number of phenols is 1. The molecule has 2 bridgehead atoms. The molecule has 0 saturated heterocycles. The van der Waals surface area contributed by atoms with Gasteiger partial charge in [-0.15, -0.1) is 0 Å². The van der Waals surface area contributed by atoms with Crippen LogP contribution >= 0.6 is 0 Å². The average Bonchev–Trinajstić information content (AvgIpc) is 2.84. The number of hydrogen-bond donors (Lipinski definition) is 4. The third-order valence-corrected chi connectivity index (χ3v) is 6.20. The number of esters is 1. The van der Waals surface area contributed by atoms with E-state index in [1.807, 2.05) is 44.2 Å². The number of benzene rings is 1. The van der Waals surface area contributed by atoms with Crippen LogP contribution in [0.1, 0.15) is 45.6 Å². The Morgan fingerprint density at radius 1 is 1.19 bits per heavy atom. The van der Waals surface area contributed by atoms with Gasteiger partial charge in [0, 0.05) is 31.2 Å². The van der Waals surface area contributed by atoms with E-state index in [4.69, 9.17) is 15.2 Å². The number of aliphatic hydroxyl groups excluding tert-OH is 1. The molecule has 1 aliphatic heterocycles. The van der Waals surface area contributed by atoms with Crippen molar-refractivity contribution in [2.45, 2.75) is 70.8 Å². The zero-order valence-electron chi connectivity index (χ0n) is 22.1. The molecule has 202 valence electrons. The number of rotatable bonds is 3.